The second-order valence-corrected chi connectivity index (χ2v) is 5.44. The minimum absolute atomic E-state index is 0.176. The number of nitro groups is 1. The SMILES string of the molecule is O=C(NNc1ccc(C(F)(F)F)cc1[N+](=O)[O-])C1CCCCC1. The van der Waals surface area contributed by atoms with Crippen molar-refractivity contribution < 1.29 is 22.9 Å². The van der Waals surface area contributed by atoms with E-state index in [1.165, 1.54) is 0 Å². The summed E-state index contributed by atoms with van der Waals surface area (Å²) in [6, 6.07) is 2.10. The van der Waals surface area contributed by atoms with Gasteiger partial charge in [-0.05, 0) is 25.0 Å². The van der Waals surface area contributed by atoms with Crippen molar-refractivity contribution in [2.75, 3.05) is 5.43 Å². The van der Waals surface area contributed by atoms with Gasteiger partial charge in [-0.15, -0.1) is 0 Å². The summed E-state index contributed by atoms with van der Waals surface area (Å²) in [5, 5.41) is 10.9. The number of hydrazine groups is 1. The Bertz CT molecular complexity index is 599. The van der Waals surface area contributed by atoms with E-state index in [0.29, 0.717) is 6.07 Å². The van der Waals surface area contributed by atoms with Crippen molar-refractivity contribution in [1.29, 1.82) is 0 Å². The van der Waals surface area contributed by atoms with Crippen LogP contribution in [-0.2, 0) is 11.0 Å². The van der Waals surface area contributed by atoms with Crippen molar-refractivity contribution in [1.82, 2.24) is 5.43 Å². The molecule has 0 bridgehead atoms. The normalized spacial score (nSPS) is 16.0. The molecule has 9 heteroatoms. The van der Waals surface area contributed by atoms with Crippen LogP contribution in [0.2, 0.25) is 0 Å². The second-order valence-electron chi connectivity index (χ2n) is 5.44. The summed E-state index contributed by atoms with van der Waals surface area (Å²) in [7, 11) is 0. The van der Waals surface area contributed by atoms with Crippen LogP contribution in [0.4, 0.5) is 24.5 Å². The van der Waals surface area contributed by atoms with Gasteiger partial charge >= 0.3 is 6.18 Å². The third kappa shape index (κ3) is 4.33. The maximum Gasteiger partial charge on any atom is 0.416 e. The number of nitro benzene ring substituents is 1. The molecule has 1 aliphatic rings. The summed E-state index contributed by atoms with van der Waals surface area (Å²) in [6.07, 6.45) is -0.238. The van der Waals surface area contributed by atoms with Crippen LogP contribution in [0.1, 0.15) is 37.7 Å². The highest BCUT2D eigenvalue weighted by molar-refractivity contribution is 5.80. The van der Waals surface area contributed by atoms with Gasteiger partial charge in [-0.2, -0.15) is 13.2 Å². The average molecular weight is 331 g/mol. The summed E-state index contributed by atoms with van der Waals surface area (Å²) >= 11 is 0. The van der Waals surface area contributed by atoms with Gasteiger partial charge in [-0.3, -0.25) is 25.8 Å². The summed E-state index contributed by atoms with van der Waals surface area (Å²) in [5.74, 6) is -0.483. The lowest BCUT2D eigenvalue weighted by atomic mass is 9.89. The molecule has 1 saturated carbocycles. The molecule has 0 aliphatic heterocycles. The number of hydrogen-bond donors (Lipinski definition) is 2. The third-order valence-corrected chi connectivity index (χ3v) is 3.82. The van der Waals surface area contributed by atoms with E-state index in [0.717, 1.165) is 44.2 Å². The Kier molecular flexibility index (Phi) is 5.07. The number of nitrogens with one attached hydrogen (secondary N) is 2. The third-order valence-electron chi connectivity index (χ3n) is 3.82. The number of hydrogen-bond acceptors (Lipinski definition) is 4. The number of nitrogens with zero attached hydrogens (tertiary/aromatic N) is 1. The van der Waals surface area contributed by atoms with Gasteiger partial charge in [0, 0.05) is 12.0 Å². The molecule has 0 aromatic heterocycles. The smallest absolute Gasteiger partial charge is 0.292 e. The van der Waals surface area contributed by atoms with E-state index in [4.69, 9.17) is 0 Å². The fraction of sp³-hybridized carbons (Fsp3) is 0.500. The van der Waals surface area contributed by atoms with E-state index in [9.17, 15) is 28.1 Å². The standard InChI is InChI=1S/C14H16F3N3O3/c15-14(16,17)10-6-7-11(12(8-10)20(22)23)18-19-13(21)9-4-2-1-3-5-9/h6-9,18H,1-5H2,(H,19,21). The van der Waals surface area contributed by atoms with Gasteiger partial charge in [-0.25, -0.2) is 0 Å². The topological polar surface area (TPSA) is 84.3 Å². The molecule has 1 fully saturated rings. The number of benzene rings is 1. The number of carbonyl (C=O) groups excluding carboxylic acids is 1. The molecule has 2 N–H and O–H groups in total. The molecule has 0 spiro atoms. The van der Waals surface area contributed by atoms with E-state index in [1.807, 2.05) is 0 Å². The molecule has 23 heavy (non-hydrogen) atoms. The van der Waals surface area contributed by atoms with E-state index in [2.05, 4.69) is 10.9 Å². The molecule has 0 unspecified atom stereocenters. The summed E-state index contributed by atoms with van der Waals surface area (Å²) in [5.41, 5.74) is 2.66. The molecule has 1 aromatic rings. The fourth-order valence-electron chi connectivity index (χ4n) is 2.56. The minimum atomic E-state index is -4.67. The van der Waals surface area contributed by atoms with Crippen LogP contribution in [0.15, 0.2) is 18.2 Å². The Labute approximate surface area is 130 Å². The highest BCUT2D eigenvalue weighted by atomic mass is 19.4. The van der Waals surface area contributed by atoms with Gasteiger partial charge in [-0.1, -0.05) is 19.3 Å². The quantitative estimate of drug-likeness (QED) is 0.652. The predicted octanol–water partition coefficient (Wildman–Crippen LogP) is 3.64. The van der Waals surface area contributed by atoms with Crippen LogP contribution in [0.3, 0.4) is 0 Å². The lowest BCUT2D eigenvalue weighted by Gasteiger charge is -2.21. The molecule has 126 valence electrons. The monoisotopic (exact) mass is 331 g/mol. The Morgan fingerprint density at radius 1 is 1.22 bits per heavy atom. The van der Waals surface area contributed by atoms with Gasteiger partial charge in [0.2, 0.25) is 5.91 Å². The van der Waals surface area contributed by atoms with Crippen LogP contribution in [0, 0.1) is 16.0 Å². The Hall–Kier alpha value is -2.32. The molecule has 1 amide bonds. The van der Waals surface area contributed by atoms with Crippen molar-refractivity contribution in [3.05, 3.63) is 33.9 Å². The highest BCUT2D eigenvalue weighted by Gasteiger charge is 2.33. The number of halogens is 3. The van der Waals surface area contributed by atoms with Gasteiger partial charge < -0.3 is 0 Å². The Morgan fingerprint density at radius 3 is 2.43 bits per heavy atom. The number of anilines is 1. The van der Waals surface area contributed by atoms with Crippen LogP contribution in [-0.4, -0.2) is 10.8 Å². The maximum atomic E-state index is 12.6. The first-order valence-corrected chi connectivity index (χ1v) is 7.20. The van der Waals surface area contributed by atoms with Crippen LogP contribution < -0.4 is 10.9 Å². The first-order valence-electron chi connectivity index (χ1n) is 7.20. The molecule has 0 atom stereocenters. The average Bonchev–Trinajstić information content (AvgIpc) is 2.52. The summed E-state index contributed by atoms with van der Waals surface area (Å²) in [6.45, 7) is 0. The Morgan fingerprint density at radius 2 is 1.87 bits per heavy atom. The maximum absolute atomic E-state index is 12.6. The molecule has 1 aliphatic carbocycles. The number of amides is 1. The summed E-state index contributed by atoms with van der Waals surface area (Å²) in [4.78, 5) is 22.0. The van der Waals surface area contributed by atoms with Crippen molar-refractivity contribution in [2.45, 2.75) is 38.3 Å². The first-order chi connectivity index (χ1) is 10.8. The van der Waals surface area contributed by atoms with Gasteiger partial charge in [0.25, 0.3) is 5.69 Å². The van der Waals surface area contributed by atoms with Gasteiger partial charge in [0.15, 0.2) is 0 Å². The Balaban J connectivity index is 2.09. The second kappa shape index (κ2) is 6.84. The molecule has 0 saturated heterocycles. The molecule has 2 rings (SSSR count). The van der Waals surface area contributed by atoms with E-state index >= 15 is 0 Å². The zero-order valence-electron chi connectivity index (χ0n) is 12.2. The fourth-order valence-corrected chi connectivity index (χ4v) is 2.56. The molecular weight excluding hydrogens is 315 g/mol. The highest BCUT2D eigenvalue weighted by Crippen LogP contribution is 2.34. The minimum Gasteiger partial charge on any atom is -0.292 e. The molecule has 0 heterocycles. The summed E-state index contributed by atoms with van der Waals surface area (Å²) < 4.78 is 37.8. The van der Waals surface area contributed by atoms with Crippen LogP contribution in [0.25, 0.3) is 0 Å². The lowest BCUT2D eigenvalue weighted by molar-refractivity contribution is -0.384. The van der Waals surface area contributed by atoms with Crippen molar-refractivity contribution in [3.8, 4) is 0 Å². The van der Waals surface area contributed by atoms with Crippen molar-refractivity contribution >= 4 is 17.3 Å². The van der Waals surface area contributed by atoms with Crippen LogP contribution >= 0.6 is 0 Å². The van der Waals surface area contributed by atoms with Crippen molar-refractivity contribution in [2.24, 2.45) is 5.92 Å². The van der Waals surface area contributed by atoms with Gasteiger partial charge in [0.1, 0.15) is 5.69 Å². The zero-order chi connectivity index (χ0) is 17.0. The van der Waals surface area contributed by atoms with E-state index in [1.54, 1.807) is 0 Å². The number of carbonyl (C=O) groups is 1. The van der Waals surface area contributed by atoms with Gasteiger partial charge in [0.05, 0.1) is 10.5 Å². The first kappa shape index (κ1) is 17.0. The predicted molar refractivity (Wildman–Crippen MR) is 76.4 cm³/mol. The van der Waals surface area contributed by atoms with Crippen LogP contribution in [0.5, 0.6) is 0 Å². The van der Waals surface area contributed by atoms with E-state index in [-0.39, 0.29) is 17.5 Å². The largest absolute Gasteiger partial charge is 0.416 e. The van der Waals surface area contributed by atoms with E-state index < -0.39 is 22.4 Å². The lowest BCUT2D eigenvalue weighted by Crippen LogP contribution is -2.36. The molecule has 1 aromatic carbocycles. The number of rotatable bonds is 4. The number of alkyl halides is 3. The molecular formula is C14H16F3N3O3. The zero-order valence-corrected chi connectivity index (χ0v) is 12.2. The molecule has 0 radical (unpaired) electrons. The van der Waals surface area contributed by atoms with Crippen molar-refractivity contribution in [3.63, 3.8) is 0 Å². The molecule has 6 nitrogen and oxygen atoms in total.